The van der Waals surface area contributed by atoms with Gasteiger partial charge in [-0.15, -0.1) is 0 Å². The number of hydrogen-bond acceptors (Lipinski definition) is 6. The van der Waals surface area contributed by atoms with Crippen LogP contribution in [-0.2, 0) is 0 Å². The van der Waals surface area contributed by atoms with Crippen LogP contribution in [0.25, 0.3) is 0 Å². The van der Waals surface area contributed by atoms with E-state index in [4.69, 9.17) is 9.47 Å². The average molecular weight is 497 g/mol. The molecule has 0 spiro atoms. The van der Waals surface area contributed by atoms with Gasteiger partial charge in [0.05, 0.1) is 24.6 Å². The van der Waals surface area contributed by atoms with Gasteiger partial charge in [-0.25, -0.2) is 0 Å². The van der Waals surface area contributed by atoms with Gasteiger partial charge in [-0.05, 0) is 98.2 Å². The fourth-order valence-electron chi connectivity index (χ4n) is 4.01. The summed E-state index contributed by atoms with van der Waals surface area (Å²) in [6.45, 7) is 5.85. The summed E-state index contributed by atoms with van der Waals surface area (Å²) in [5.41, 5.74) is 3.06. The highest BCUT2D eigenvalue weighted by atomic mass is 16.5. The van der Waals surface area contributed by atoms with Gasteiger partial charge < -0.3 is 19.9 Å². The van der Waals surface area contributed by atoms with Crippen molar-refractivity contribution in [1.82, 2.24) is 0 Å². The molecule has 0 aliphatic carbocycles. The predicted octanol–water partition coefficient (Wildman–Crippen LogP) is 8.22. The highest BCUT2D eigenvalue weighted by Crippen LogP contribution is 2.18. The van der Waals surface area contributed by atoms with Crippen LogP contribution in [0.3, 0.4) is 0 Å². The van der Waals surface area contributed by atoms with Crippen LogP contribution in [0.4, 0.5) is 0 Å². The fraction of sp³-hybridized carbons (Fsp3) is 0.533. The predicted molar refractivity (Wildman–Crippen MR) is 147 cm³/mol. The van der Waals surface area contributed by atoms with Gasteiger partial charge in [0.2, 0.25) is 0 Å². The maximum atomic E-state index is 9.52. The van der Waals surface area contributed by atoms with Crippen LogP contribution in [0.2, 0.25) is 0 Å². The Hall–Kier alpha value is -3.02. The highest BCUT2D eigenvalue weighted by molar-refractivity contribution is 6.01. The van der Waals surface area contributed by atoms with E-state index in [0.29, 0.717) is 24.3 Å². The van der Waals surface area contributed by atoms with Crippen molar-refractivity contribution in [3.8, 4) is 11.5 Å². The lowest BCUT2D eigenvalue weighted by molar-refractivity contribution is 0.305. The van der Waals surface area contributed by atoms with Gasteiger partial charge in [-0.3, -0.25) is 0 Å². The van der Waals surface area contributed by atoms with Gasteiger partial charge in [-0.2, -0.15) is 0 Å². The molecule has 0 atom stereocenters. The van der Waals surface area contributed by atoms with E-state index in [1.165, 1.54) is 38.5 Å². The summed E-state index contributed by atoms with van der Waals surface area (Å²) in [6, 6.07) is 15.4. The molecule has 0 fully saturated rings. The van der Waals surface area contributed by atoms with E-state index in [-0.39, 0.29) is 0 Å². The number of rotatable bonds is 19. The molecule has 0 aliphatic heterocycles. The summed E-state index contributed by atoms with van der Waals surface area (Å²) < 4.78 is 11.6. The number of nitrogens with zero attached hydrogens (tertiary/aromatic N) is 2. The molecule has 0 saturated heterocycles. The molecule has 36 heavy (non-hydrogen) atoms. The quantitative estimate of drug-likeness (QED) is 0.0888. The molecule has 0 amide bonds. The summed E-state index contributed by atoms with van der Waals surface area (Å²) in [4.78, 5) is 0. The zero-order chi connectivity index (χ0) is 25.8. The third-order valence-electron chi connectivity index (χ3n) is 6.23. The minimum atomic E-state index is 0.636. The molecule has 2 rings (SSSR count). The first-order valence-corrected chi connectivity index (χ1v) is 13.6. The van der Waals surface area contributed by atoms with Crippen LogP contribution >= 0.6 is 0 Å². The smallest absolute Gasteiger partial charge is 0.119 e. The third-order valence-corrected chi connectivity index (χ3v) is 6.23. The second-order valence-corrected chi connectivity index (χ2v) is 9.17. The van der Waals surface area contributed by atoms with Gasteiger partial charge in [-0.1, -0.05) is 62.7 Å². The van der Waals surface area contributed by atoms with Gasteiger partial charge in [0.25, 0.3) is 0 Å². The second-order valence-electron chi connectivity index (χ2n) is 9.17. The minimum Gasteiger partial charge on any atom is -0.494 e. The molecule has 0 radical (unpaired) electrons. The van der Waals surface area contributed by atoms with E-state index in [1.807, 2.05) is 48.5 Å². The Morgan fingerprint density at radius 2 is 0.944 bits per heavy atom. The lowest BCUT2D eigenvalue weighted by Crippen LogP contribution is -2.05. The van der Waals surface area contributed by atoms with Crippen molar-refractivity contribution < 1.29 is 19.9 Å². The molecule has 6 heteroatoms. The molecule has 198 valence electrons. The minimum absolute atomic E-state index is 0.636. The summed E-state index contributed by atoms with van der Waals surface area (Å²) >= 11 is 0. The topological polar surface area (TPSA) is 83.6 Å². The fourth-order valence-corrected chi connectivity index (χ4v) is 4.01. The van der Waals surface area contributed by atoms with Crippen molar-refractivity contribution in [3.63, 3.8) is 0 Å². The molecule has 0 unspecified atom stereocenters. The molecule has 0 aliphatic rings. The summed E-state index contributed by atoms with van der Waals surface area (Å²) in [7, 11) is 0. The van der Waals surface area contributed by atoms with Crippen molar-refractivity contribution in [2.45, 2.75) is 90.9 Å². The molecule has 2 aromatic rings. The third kappa shape index (κ3) is 11.1. The molecule has 0 heterocycles. The van der Waals surface area contributed by atoms with Crippen LogP contribution in [-0.4, -0.2) is 35.1 Å². The first-order chi connectivity index (χ1) is 17.7. The van der Waals surface area contributed by atoms with Crippen LogP contribution in [0.1, 0.15) is 102 Å². The van der Waals surface area contributed by atoms with Crippen molar-refractivity contribution >= 4 is 11.4 Å². The monoisotopic (exact) mass is 496 g/mol. The Balaban J connectivity index is 1.73. The molecule has 0 saturated carbocycles. The van der Waals surface area contributed by atoms with E-state index in [2.05, 4.69) is 24.2 Å². The van der Waals surface area contributed by atoms with Crippen LogP contribution in [0.15, 0.2) is 58.8 Å². The van der Waals surface area contributed by atoms with E-state index >= 15 is 0 Å². The zero-order valence-corrected chi connectivity index (χ0v) is 22.1. The molecular weight excluding hydrogens is 452 g/mol. The SMILES string of the molecule is CCCCCCOc1ccc(/C(CCCC/C(=N\O)c2ccc(OCCCCCC)cc2)=N/O)cc1. The lowest BCUT2D eigenvalue weighted by atomic mass is 10.0. The summed E-state index contributed by atoms with van der Waals surface area (Å²) in [5, 5.41) is 26.1. The highest BCUT2D eigenvalue weighted by Gasteiger charge is 2.09. The number of unbranched alkanes of at least 4 members (excludes halogenated alkanes) is 7. The number of benzene rings is 2. The molecule has 0 aromatic heterocycles. The Bertz CT molecular complexity index is 817. The average Bonchev–Trinajstić information content (AvgIpc) is 2.92. The largest absolute Gasteiger partial charge is 0.494 e. The summed E-state index contributed by atoms with van der Waals surface area (Å²) in [6.07, 6.45) is 12.3. The second kappa shape index (κ2) is 18.3. The molecular formula is C30H44N2O4. The Labute approximate surface area is 217 Å². The van der Waals surface area contributed by atoms with Gasteiger partial charge >= 0.3 is 0 Å². The molecule has 2 N–H and O–H groups in total. The normalized spacial score (nSPS) is 12.1. The molecule has 6 nitrogen and oxygen atoms in total. The first-order valence-electron chi connectivity index (χ1n) is 13.6. The van der Waals surface area contributed by atoms with Crippen LogP contribution in [0, 0.1) is 0 Å². The van der Waals surface area contributed by atoms with E-state index in [1.54, 1.807) is 0 Å². The Morgan fingerprint density at radius 1 is 0.556 bits per heavy atom. The van der Waals surface area contributed by atoms with E-state index in [0.717, 1.165) is 61.5 Å². The maximum absolute atomic E-state index is 9.52. The van der Waals surface area contributed by atoms with Gasteiger partial charge in [0, 0.05) is 0 Å². The van der Waals surface area contributed by atoms with Gasteiger partial charge in [0.1, 0.15) is 11.5 Å². The van der Waals surface area contributed by atoms with Crippen molar-refractivity contribution in [1.29, 1.82) is 0 Å². The molecule has 0 bridgehead atoms. The molecule has 2 aromatic carbocycles. The number of oxime groups is 2. The van der Waals surface area contributed by atoms with Crippen LogP contribution < -0.4 is 9.47 Å². The first kappa shape index (κ1) is 29.2. The lowest BCUT2D eigenvalue weighted by Gasteiger charge is -2.09. The Morgan fingerprint density at radius 3 is 1.28 bits per heavy atom. The van der Waals surface area contributed by atoms with Gasteiger partial charge in [0.15, 0.2) is 0 Å². The van der Waals surface area contributed by atoms with Crippen molar-refractivity contribution in [2.75, 3.05) is 13.2 Å². The van der Waals surface area contributed by atoms with Crippen molar-refractivity contribution in [2.24, 2.45) is 10.3 Å². The Kier molecular flexibility index (Phi) is 14.8. The maximum Gasteiger partial charge on any atom is 0.119 e. The number of hydrogen-bond donors (Lipinski definition) is 2. The summed E-state index contributed by atoms with van der Waals surface area (Å²) in [5.74, 6) is 1.67. The van der Waals surface area contributed by atoms with E-state index < -0.39 is 0 Å². The van der Waals surface area contributed by atoms with Crippen molar-refractivity contribution in [3.05, 3.63) is 59.7 Å². The van der Waals surface area contributed by atoms with Crippen LogP contribution in [0.5, 0.6) is 11.5 Å². The number of ether oxygens (including phenoxy) is 2. The zero-order valence-electron chi connectivity index (χ0n) is 22.1. The van der Waals surface area contributed by atoms with E-state index in [9.17, 15) is 10.4 Å². The standard InChI is InChI=1S/C30H44N2O4/c1-3-5-7-11-23-35-27-19-15-25(16-20-27)29(31-33)13-9-10-14-30(32-34)26-17-21-28(22-18-26)36-24-12-8-6-4-2/h15-22,33-34H,3-14,23-24H2,1-2H3/b31-29+,32-30+.